The maximum absolute atomic E-state index is 11.3. The van der Waals surface area contributed by atoms with Crippen molar-refractivity contribution in [1.82, 2.24) is 4.98 Å². The van der Waals surface area contributed by atoms with E-state index < -0.39 is 18.2 Å². The van der Waals surface area contributed by atoms with Gasteiger partial charge in [-0.15, -0.1) is 0 Å². The lowest BCUT2D eigenvalue weighted by atomic mass is 10.0. The molecule has 20 heavy (non-hydrogen) atoms. The van der Waals surface area contributed by atoms with E-state index in [0.717, 1.165) is 10.9 Å². The molecule has 0 amide bonds. The molecule has 0 aliphatic rings. The molecule has 0 fully saturated rings. The van der Waals surface area contributed by atoms with Gasteiger partial charge in [-0.1, -0.05) is 18.2 Å². The smallest absolute Gasteiger partial charge is 0.308 e. The molecule has 2 N–H and O–H groups in total. The number of nitrogens with zero attached hydrogens (tertiary/aromatic N) is 1. The second kappa shape index (κ2) is 6.45. The SMILES string of the molecule is CCOC(=O)CC(O)C(O)c1cnc2ccccc2c1. The molecule has 5 heteroatoms. The minimum atomic E-state index is -1.21. The molecule has 106 valence electrons. The molecule has 2 aromatic rings. The first-order chi connectivity index (χ1) is 9.61. The zero-order valence-electron chi connectivity index (χ0n) is 11.2. The van der Waals surface area contributed by atoms with Gasteiger partial charge < -0.3 is 14.9 Å². The first-order valence-electron chi connectivity index (χ1n) is 6.48. The van der Waals surface area contributed by atoms with Gasteiger partial charge >= 0.3 is 5.97 Å². The summed E-state index contributed by atoms with van der Waals surface area (Å²) in [5.74, 6) is -0.534. The van der Waals surface area contributed by atoms with Crippen molar-refractivity contribution in [1.29, 1.82) is 0 Å². The number of aliphatic hydroxyl groups excluding tert-OH is 2. The number of hydrogen-bond acceptors (Lipinski definition) is 5. The van der Waals surface area contributed by atoms with Crippen molar-refractivity contribution in [3.8, 4) is 0 Å². The van der Waals surface area contributed by atoms with Gasteiger partial charge in [0, 0.05) is 17.1 Å². The molecule has 2 unspecified atom stereocenters. The number of aromatic nitrogens is 1. The summed E-state index contributed by atoms with van der Waals surface area (Å²) in [5.41, 5.74) is 1.28. The van der Waals surface area contributed by atoms with Crippen LogP contribution in [0, 0.1) is 0 Å². The number of pyridine rings is 1. The third-order valence-corrected chi connectivity index (χ3v) is 3.00. The maximum Gasteiger partial charge on any atom is 0.308 e. The predicted octanol–water partition coefficient (Wildman–Crippen LogP) is 1.58. The number of rotatable bonds is 5. The molecule has 1 aromatic heterocycles. The molecule has 0 bridgehead atoms. The van der Waals surface area contributed by atoms with Crippen molar-refractivity contribution >= 4 is 16.9 Å². The fraction of sp³-hybridized carbons (Fsp3) is 0.333. The van der Waals surface area contributed by atoms with Crippen LogP contribution in [0.1, 0.15) is 25.0 Å². The highest BCUT2D eigenvalue weighted by molar-refractivity contribution is 5.78. The number of benzene rings is 1. The Hall–Kier alpha value is -1.98. The van der Waals surface area contributed by atoms with Crippen molar-refractivity contribution in [3.63, 3.8) is 0 Å². The van der Waals surface area contributed by atoms with E-state index in [4.69, 9.17) is 4.74 Å². The monoisotopic (exact) mass is 275 g/mol. The molecular formula is C15H17NO4. The van der Waals surface area contributed by atoms with Crippen LogP contribution in [0.5, 0.6) is 0 Å². The summed E-state index contributed by atoms with van der Waals surface area (Å²) in [6.45, 7) is 1.94. The van der Waals surface area contributed by atoms with Crippen LogP contribution in [-0.2, 0) is 9.53 Å². The standard InChI is InChI=1S/C15H17NO4/c1-2-20-14(18)8-13(17)15(19)11-7-10-5-3-4-6-12(10)16-9-11/h3-7,9,13,15,17,19H,2,8H2,1H3. The average molecular weight is 275 g/mol. The number of aliphatic hydroxyl groups is 2. The Labute approximate surface area is 116 Å². The van der Waals surface area contributed by atoms with E-state index in [2.05, 4.69) is 4.98 Å². The van der Waals surface area contributed by atoms with Crippen LogP contribution >= 0.6 is 0 Å². The molecule has 0 radical (unpaired) electrons. The number of fused-ring (bicyclic) bond motifs is 1. The normalized spacial score (nSPS) is 13.9. The van der Waals surface area contributed by atoms with Gasteiger partial charge in [0.25, 0.3) is 0 Å². The van der Waals surface area contributed by atoms with E-state index in [0.29, 0.717) is 5.56 Å². The molecule has 1 aromatic carbocycles. The Kier molecular flexibility index (Phi) is 4.65. The maximum atomic E-state index is 11.3. The van der Waals surface area contributed by atoms with Crippen LogP contribution in [0.25, 0.3) is 10.9 Å². The van der Waals surface area contributed by atoms with Crippen LogP contribution in [0.3, 0.4) is 0 Å². The summed E-state index contributed by atoms with van der Waals surface area (Å²) in [5, 5.41) is 20.8. The van der Waals surface area contributed by atoms with Crippen LogP contribution in [0.2, 0.25) is 0 Å². The Balaban J connectivity index is 2.13. The topological polar surface area (TPSA) is 79.7 Å². The minimum absolute atomic E-state index is 0.248. The van der Waals surface area contributed by atoms with Crippen LogP contribution in [0.15, 0.2) is 36.5 Å². The Bertz CT molecular complexity index is 599. The quantitative estimate of drug-likeness (QED) is 0.810. The zero-order valence-corrected chi connectivity index (χ0v) is 11.2. The lowest BCUT2D eigenvalue weighted by Crippen LogP contribution is -2.23. The number of carbonyl (C=O) groups excluding carboxylic acids is 1. The van der Waals surface area contributed by atoms with Gasteiger partial charge in [0.05, 0.1) is 24.6 Å². The molecule has 2 atom stereocenters. The molecular weight excluding hydrogens is 258 g/mol. The van der Waals surface area contributed by atoms with Crippen LogP contribution < -0.4 is 0 Å². The first-order valence-corrected chi connectivity index (χ1v) is 6.48. The first kappa shape index (κ1) is 14.4. The summed E-state index contributed by atoms with van der Waals surface area (Å²) in [6.07, 6.45) is -1.13. The molecule has 1 heterocycles. The number of esters is 1. The zero-order chi connectivity index (χ0) is 14.5. The van der Waals surface area contributed by atoms with Gasteiger partial charge in [0.15, 0.2) is 0 Å². The van der Waals surface area contributed by atoms with E-state index >= 15 is 0 Å². The second-order valence-electron chi connectivity index (χ2n) is 4.48. The number of hydrogen-bond donors (Lipinski definition) is 2. The lowest BCUT2D eigenvalue weighted by molar-refractivity contribution is -0.147. The predicted molar refractivity (Wildman–Crippen MR) is 74.0 cm³/mol. The summed E-state index contributed by atoms with van der Waals surface area (Å²) in [4.78, 5) is 15.5. The van der Waals surface area contributed by atoms with Crippen molar-refractivity contribution in [2.45, 2.75) is 25.6 Å². The highest BCUT2D eigenvalue weighted by atomic mass is 16.5. The van der Waals surface area contributed by atoms with Gasteiger partial charge in [0.2, 0.25) is 0 Å². The lowest BCUT2D eigenvalue weighted by Gasteiger charge is -2.17. The molecule has 0 saturated carbocycles. The number of ether oxygens (including phenoxy) is 1. The third kappa shape index (κ3) is 3.31. The molecule has 2 rings (SSSR count). The Morgan fingerprint density at radius 1 is 1.35 bits per heavy atom. The van der Waals surface area contributed by atoms with Crippen molar-refractivity contribution in [3.05, 3.63) is 42.1 Å². The van der Waals surface area contributed by atoms with Crippen molar-refractivity contribution in [2.75, 3.05) is 6.61 Å². The van der Waals surface area contributed by atoms with E-state index in [1.807, 2.05) is 24.3 Å². The van der Waals surface area contributed by atoms with Gasteiger partial charge in [-0.25, -0.2) is 0 Å². The molecule has 0 aliphatic carbocycles. The fourth-order valence-electron chi connectivity index (χ4n) is 1.97. The third-order valence-electron chi connectivity index (χ3n) is 3.00. The minimum Gasteiger partial charge on any atom is -0.466 e. The van der Waals surface area contributed by atoms with E-state index in [1.54, 1.807) is 13.0 Å². The Morgan fingerprint density at radius 3 is 2.85 bits per heavy atom. The van der Waals surface area contributed by atoms with Gasteiger partial charge in [-0.3, -0.25) is 9.78 Å². The largest absolute Gasteiger partial charge is 0.466 e. The van der Waals surface area contributed by atoms with Crippen molar-refractivity contribution in [2.24, 2.45) is 0 Å². The second-order valence-corrected chi connectivity index (χ2v) is 4.48. The summed E-state index contributed by atoms with van der Waals surface area (Å²) >= 11 is 0. The van der Waals surface area contributed by atoms with E-state index in [1.165, 1.54) is 6.20 Å². The highest BCUT2D eigenvalue weighted by Crippen LogP contribution is 2.22. The summed E-state index contributed by atoms with van der Waals surface area (Å²) in [7, 11) is 0. The van der Waals surface area contributed by atoms with Gasteiger partial charge in [0.1, 0.15) is 6.10 Å². The molecule has 0 spiro atoms. The van der Waals surface area contributed by atoms with E-state index in [-0.39, 0.29) is 13.0 Å². The van der Waals surface area contributed by atoms with Gasteiger partial charge in [-0.05, 0) is 19.1 Å². The van der Waals surface area contributed by atoms with Gasteiger partial charge in [-0.2, -0.15) is 0 Å². The Morgan fingerprint density at radius 2 is 2.10 bits per heavy atom. The number of para-hydroxylation sites is 1. The van der Waals surface area contributed by atoms with Crippen LogP contribution in [-0.4, -0.2) is 33.9 Å². The summed E-state index contributed by atoms with van der Waals surface area (Å²) < 4.78 is 4.74. The van der Waals surface area contributed by atoms with Crippen LogP contribution in [0.4, 0.5) is 0 Å². The number of carbonyl (C=O) groups is 1. The van der Waals surface area contributed by atoms with E-state index in [9.17, 15) is 15.0 Å². The molecule has 0 saturated heterocycles. The molecule has 0 aliphatic heterocycles. The van der Waals surface area contributed by atoms with Crippen molar-refractivity contribution < 1.29 is 19.7 Å². The molecule has 5 nitrogen and oxygen atoms in total. The fourth-order valence-corrected chi connectivity index (χ4v) is 1.97. The highest BCUT2D eigenvalue weighted by Gasteiger charge is 2.22. The summed E-state index contributed by atoms with van der Waals surface area (Å²) in [6, 6.07) is 9.23. The average Bonchev–Trinajstić information content (AvgIpc) is 2.46.